The second-order valence-electron chi connectivity index (χ2n) is 6.74. The maximum absolute atomic E-state index is 6.10. The van der Waals surface area contributed by atoms with Crippen molar-refractivity contribution in [1.82, 2.24) is 10.2 Å². The first kappa shape index (κ1) is 21.0. The monoisotopic (exact) mass is 381 g/mol. The van der Waals surface area contributed by atoms with Crippen molar-refractivity contribution in [3.63, 3.8) is 0 Å². The molecule has 0 aromatic heterocycles. The molecule has 0 bridgehead atoms. The van der Waals surface area contributed by atoms with Crippen molar-refractivity contribution in [3.05, 3.63) is 34.9 Å². The zero-order valence-electron chi connectivity index (χ0n) is 16.2. The first-order valence-corrected chi connectivity index (χ1v) is 9.87. The zero-order valence-corrected chi connectivity index (χ0v) is 17.0. The third-order valence-electron chi connectivity index (χ3n) is 4.82. The first-order chi connectivity index (χ1) is 12.6. The molecule has 1 aliphatic rings. The van der Waals surface area contributed by atoms with Crippen molar-refractivity contribution in [2.45, 2.75) is 32.3 Å². The molecule has 6 heteroatoms. The Morgan fingerprint density at radius 3 is 2.85 bits per heavy atom. The summed E-state index contributed by atoms with van der Waals surface area (Å²) in [6.07, 6.45) is 3.40. The van der Waals surface area contributed by atoms with E-state index in [4.69, 9.17) is 26.1 Å². The summed E-state index contributed by atoms with van der Waals surface area (Å²) < 4.78 is 11.1. The Morgan fingerprint density at radius 2 is 2.19 bits per heavy atom. The summed E-state index contributed by atoms with van der Waals surface area (Å²) in [5, 5.41) is 4.10. The molecular weight excluding hydrogens is 350 g/mol. The summed E-state index contributed by atoms with van der Waals surface area (Å²) in [5.74, 6) is 1.68. The Kier molecular flexibility index (Phi) is 9.23. The topological polar surface area (TPSA) is 46.1 Å². The fourth-order valence-electron chi connectivity index (χ4n) is 3.18. The number of rotatable bonds is 8. The molecule has 1 saturated heterocycles. The Bertz CT molecular complexity index is 562. The van der Waals surface area contributed by atoms with E-state index in [0.717, 1.165) is 43.7 Å². The summed E-state index contributed by atoms with van der Waals surface area (Å²) >= 11 is 6.10. The Balaban J connectivity index is 1.94. The lowest BCUT2D eigenvalue weighted by molar-refractivity contribution is 0.0625. The standard InChI is InChI=1S/C20H32ClN3O2/c1-4-22-20(24(2)11-8-16-9-12-26-13-10-16)23-15-19(25-3)17-6-5-7-18(21)14-17/h5-7,14,16,19H,4,8-13,15H2,1-3H3,(H,22,23). The van der Waals surface area contributed by atoms with Gasteiger partial charge in [-0.25, -0.2) is 0 Å². The quantitative estimate of drug-likeness (QED) is 0.550. The molecule has 0 aliphatic carbocycles. The van der Waals surface area contributed by atoms with E-state index in [9.17, 15) is 0 Å². The molecule has 0 amide bonds. The number of aliphatic imine (C=N–C) groups is 1. The molecule has 0 spiro atoms. The van der Waals surface area contributed by atoms with Gasteiger partial charge >= 0.3 is 0 Å². The highest BCUT2D eigenvalue weighted by atomic mass is 35.5. The molecular formula is C20H32ClN3O2. The summed E-state index contributed by atoms with van der Waals surface area (Å²) in [4.78, 5) is 7.00. The molecule has 0 saturated carbocycles. The number of hydrogen-bond acceptors (Lipinski definition) is 3. The summed E-state index contributed by atoms with van der Waals surface area (Å²) in [6, 6.07) is 7.78. The van der Waals surface area contributed by atoms with Gasteiger partial charge in [-0.05, 0) is 49.8 Å². The molecule has 2 rings (SSSR count). The third-order valence-corrected chi connectivity index (χ3v) is 5.06. The van der Waals surface area contributed by atoms with E-state index < -0.39 is 0 Å². The second kappa shape index (κ2) is 11.4. The van der Waals surface area contributed by atoms with Crippen LogP contribution < -0.4 is 5.32 Å². The van der Waals surface area contributed by atoms with Crippen molar-refractivity contribution in [3.8, 4) is 0 Å². The molecule has 0 radical (unpaired) electrons. The van der Waals surface area contributed by atoms with Crippen LogP contribution in [0.15, 0.2) is 29.3 Å². The molecule has 1 atom stereocenters. The van der Waals surface area contributed by atoms with Gasteiger partial charge in [0.15, 0.2) is 5.96 Å². The van der Waals surface area contributed by atoms with Gasteiger partial charge in [-0.2, -0.15) is 0 Å². The van der Waals surface area contributed by atoms with E-state index >= 15 is 0 Å². The Morgan fingerprint density at radius 1 is 1.42 bits per heavy atom. The van der Waals surface area contributed by atoms with E-state index in [-0.39, 0.29) is 6.10 Å². The van der Waals surface area contributed by atoms with Crippen LogP contribution in [0.3, 0.4) is 0 Å². The highest BCUT2D eigenvalue weighted by Gasteiger charge is 2.16. The average Bonchev–Trinajstić information content (AvgIpc) is 2.66. The van der Waals surface area contributed by atoms with Gasteiger partial charge in [-0.15, -0.1) is 0 Å². The Labute approximate surface area is 162 Å². The van der Waals surface area contributed by atoms with Gasteiger partial charge in [0.1, 0.15) is 6.10 Å². The molecule has 26 heavy (non-hydrogen) atoms. The number of nitrogens with one attached hydrogen (secondary N) is 1. The highest BCUT2D eigenvalue weighted by molar-refractivity contribution is 6.30. The van der Waals surface area contributed by atoms with E-state index in [0.29, 0.717) is 11.6 Å². The van der Waals surface area contributed by atoms with Crippen LogP contribution in [-0.4, -0.2) is 57.9 Å². The number of benzene rings is 1. The molecule has 5 nitrogen and oxygen atoms in total. The summed E-state index contributed by atoms with van der Waals surface area (Å²) in [7, 11) is 3.81. The number of hydrogen-bond donors (Lipinski definition) is 1. The van der Waals surface area contributed by atoms with Crippen LogP contribution in [0.25, 0.3) is 0 Å². The molecule has 1 heterocycles. The van der Waals surface area contributed by atoms with Gasteiger partial charge in [-0.3, -0.25) is 4.99 Å². The van der Waals surface area contributed by atoms with Gasteiger partial charge < -0.3 is 19.7 Å². The minimum atomic E-state index is -0.105. The molecule has 1 fully saturated rings. The van der Waals surface area contributed by atoms with Gasteiger partial charge in [0.05, 0.1) is 6.54 Å². The second-order valence-corrected chi connectivity index (χ2v) is 7.18. The number of halogens is 1. The van der Waals surface area contributed by atoms with E-state index in [1.165, 1.54) is 19.3 Å². The smallest absolute Gasteiger partial charge is 0.193 e. The molecule has 146 valence electrons. The van der Waals surface area contributed by atoms with Crippen molar-refractivity contribution in [2.75, 3.05) is 47.0 Å². The lowest BCUT2D eigenvalue weighted by Gasteiger charge is -2.27. The molecule has 1 aromatic carbocycles. The molecule has 1 aliphatic heterocycles. The van der Waals surface area contributed by atoms with E-state index in [1.54, 1.807) is 7.11 Å². The number of guanidine groups is 1. The van der Waals surface area contributed by atoms with Crippen LogP contribution in [-0.2, 0) is 9.47 Å². The highest BCUT2D eigenvalue weighted by Crippen LogP contribution is 2.21. The molecule has 1 unspecified atom stereocenters. The maximum atomic E-state index is 6.10. The fraction of sp³-hybridized carbons (Fsp3) is 0.650. The molecule has 1 aromatic rings. The van der Waals surface area contributed by atoms with Crippen LogP contribution in [0, 0.1) is 5.92 Å². The predicted molar refractivity (Wildman–Crippen MR) is 108 cm³/mol. The normalized spacial score (nSPS) is 17.2. The lowest BCUT2D eigenvalue weighted by atomic mass is 9.96. The first-order valence-electron chi connectivity index (χ1n) is 9.49. The zero-order chi connectivity index (χ0) is 18.8. The van der Waals surface area contributed by atoms with Gasteiger partial charge in [0.2, 0.25) is 0 Å². The van der Waals surface area contributed by atoms with Crippen LogP contribution in [0.4, 0.5) is 0 Å². The third kappa shape index (κ3) is 6.78. The van der Waals surface area contributed by atoms with Gasteiger partial charge in [0, 0.05) is 45.5 Å². The van der Waals surface area contributed by atoms with Crippen molar-refractivity contribution < 1.29 is 9.47 Å². The number of ether oxygens (including phenoxy) is 2. The fourth-order valence-corrected chi connectivity index (χ4v) is 3.38. The predicted octanol–water partition coefficient (Wildman–Crippen LogP) is 3.74. The number of nitrogens with zero attached hydrogens (tertiary/aromatic N) is 2. The number of methoxy groups -OCH3 is 1. The van der Waals surface area contributed by atoms with E-state index in [1.807, 2.05) is 24.3 Å². The van der Waals surface area contributed by atoms with Crippen molar-refractivity contribution in [1.29, 1.82) is 0 Å². The van der Waals surface area contributed by atoms with Crippen LogP contribution >= 0.6 is 11.6 Å². The summed E-state index contributed by atoms with van der Waals surface area (Å²) in [6.45, 7) is 6.28. The summed E-state index contributed by atoms with van der Waals surface area (Å²) in [5.41, 5.74) is 1.05. The molecule has 1 N–H and O–H groups in total. The minimum absolute atomic E-state index is 0.105. The minimum Gasteiger partial charge on any atom is -0.381 e. The largest absolute Gasteiger partial charge is 0.381 e. The van der Waals surface area contributed by atoms with Gasteiger partial charge in [0.25, 0.3) is 0 Å². The van der Waals surface area contributed by atoms with Gasteiger partial charge in [-0.1, -0.05) is 23.7 Å². The SMILES string of the molecule is CCNC(=NCC(OC)c1cccc(Cl)c1)N(C)CCC1CCOCC1. The van der Waals surface area contributed by atoms with Crippen LogP contribution in [0.5, 0.6) is 0 Å². The van der Waals surface area contributed by atoms with Crippen molar-refractivity contribution in [2.24, 2.45) is 10.9 Å². The maximum Gasteiger partial charge on any atom is 0.193 e. The lowest BCUT2D eigenvalue weighted by Crippen LogP contribution is -2.40. The van der Waals surface area contributed by atoms with E-state index in [2.05, 4.69) is 24.2 Å². The van der Waals surface area contributed by atoms with Crippen LogP contribution in [0.2, 0.25) is 5.02 Å². The average molecular weight is 382 g/mol. The van der Waals surface area contributed by atoms with Crippen molar-refractivity contribution >= 4 is 17.6 Å². The Hall–Kier alpha value is -1.30. The van der Waals surface area contributed by atoms with Crippen LogP contribution in [0.1, 0.15) is 37.9 Å².